The van der Waals surface area contributed by atoms with Crippen molar-refractivity contribution in [2.24, 2.45) is 5.73 Å². The summed E-state index contributed by atoms with van der Waals surface area (Å²) >= 11 is 1.69. The zero-order valence-corrected chi connectivity index (χ0v) is 16.5. The zero-order chi connectivity index (χ0) is 19.3. The molecule has 0 aliphatic heterocycles. The number of aryl methyl sites for hydroxylation is 1. The van der Waals surface area contributed by atoms with Gasteiger partial charge in [0.25, 0.3) is 0 Å². The van der Waals surface area contributed by atoms with E-state index >= 15 is 0 Å². The molecule has 0 amide bonds. The number of aromatic nitrogens is 4. The number of benzene rings is 1. The molecule has 0 bridgehead atoms. The second-order valence-electron chi connectivity index (χ2n) is 7.52. The molecule has 3 heterocycles. The van der Waals surface area contributed by atoms with E-state index in [0.717, 1.165) is 63.5 Å². The lowest BCUT2D eigenvalue weighted by Gasteiger charge is -2.28. The summed E-state index contributed by atoms with van der Waals surface area (Å²) in [5.74, 6) is 0.897. The van der Waals surface area contributed by atoms with Crippen molar-refractivity contribution in [2.45, 2.75) is 44.6 Å². The molecule has 28 heavy (non-hydrogen) atoms. The van der Waals surface area contributed by atoms with E-state index in [0.29, 0.717) is 11.7 Å². The zero-order valence-electron chi connectivity index (χ0n) is 15.7. The SMILES string of the molecule is Cc1nc2ccc(Nc3c(C4CCC(N)CC4)c(N)nn4ccnc34)cc2s1. The molecule has 1 aliphatic rings. The summed E-state index contributed by atoms with van der Waals surface area (Å²) in [5.41, 5.74) is 17.4. The largest absolute Gasteiger partial charge is 0.382 e. The maximum atomic E-state index is 6.42. The van der Waals surface area contributed by atoms with Gasteiger partial charge in [0.15, 0.2) is 5.65 Å². The van der Waals surface area contributed by atoms with Gasteiger partial charge in [-0.25, -0.2) is 14.5 Å². The summed E-state index contributed by atoms with van der Waals surface area (Å²) in [6.45, 7) is 2.03. The molecular weight excluding hydrogens is 370 g/mol. The fourth-order valence-corrected chi connectivity index (χ4v) is 5.05. The van der Waals surface area contributed by atoms with E-state index in [1.54, 1.807) is 22.0 Å². The van der Waals surface area contributed by atoms with Crippen LogP contribution in [0, 0.1) is 6.92 Å². The Balaban J connectivity index is 1.61. The number of thiazole rings is 1. The maximum absolute atomic E-state index is 6.42. The number of nitrogens with two attached hydrogens (primary N) is 2. The van der Waals surface area contributed by atoms with Crippen molar-refractivity contribution >= 4 is 44.4 Å². The number of fused-ring (bicyclic) bond motifs is 2. The van der Waals surface area contributed by atoms with Gasteiger partial charge in [-0.2, -0.15) is 0 Å². The fourth-order valence-electron chi connectivity index (χ4n) is 4.18. The molecule has 1 fully saturated rings. The molecule has 1 aliphatic carbocycles. The smallest absolute Gasteiger partial charge is 0.177 e. The third kappa shape index (κ3) is 2.98. The number of nitrogens with zero attached hydrogens (tertiary/aromatic N) is 4. The molecule has 8 heteroatoms. The van der Waals surface area contributed by atoms with Crippen LogP contribution in [-0.4, -0.2) is 25.6 Å². The van der Waals surface area contributed by atoms with Crippen molar-refractivity contribution in [1.82, 2.24) is 19.6 Å². The first-order valence-electron chi connectivity index (χ1n) is 9.61. The van der Waals surface area contributed by atoms with E-state index in [-0.39, 0.29) is 6.04 Å². The number of hydrogen-bond acceptors (Lipinski definition) is 7. The molecule has 7 nitrogen and oxygen atoms in total. The normalized spacial score (nSPS) is 20.1. The van der Waals surface area contributed by atoms with Crippen molar-refractivity contribution in [3.8, 4) is 0 Å². The van der Waals surface area contributed by atoms with Gasteiger partial charge in [-0.05, 0) is 56.7 Å². The minimum atomic E-state index is 0.286. The molecule has 1 saturated carbocycles. The number of anilines is 3. The molecule has 1 aromatic carbocycles. The standard InChI is InChI=1S/C20H23N7S/c1-11-24-15-7-6-14(10-16(15)28-11)25-18-17(12-2-4-13(21)5-3-12)19(22)26-27-9-8-23-20(18)27/h6-10,12-13,25H,2-5,21H2,1H3,(H2,22,26). The van der Waals surface area contributed by atoms with Crippen molar-refractivity contribution in [1.29, 1.82) is 0 Å². The van der Waals surface area contributed by atoms with Gasteiger partial charge in [-0.1, -0.05) is 0 Å². The number of nitrogen functional groups attached to an aromatic ring is 1. The summed E-state index contributed by atoms with van der Waals surface area (Å²) in [7, 11) is 0. The van der Waals surface area contributed by atoms with Crippen LogP contribution in [-0.2, 0) is 0 Å². The van der Waals surface area contributed by atoms with Crippen molar-refractivity contribution in [2.75, 3.05) is 11.1 Å². The number of imidazole rings is 1. The van der Waals surface area contributed by atoms with Gasteiger partial charge in [0.1, 0.15) is 5.82 Å². The van der Waals surface area contributed by atoms with Gasteiger partial charge in [-0.15, -0.1) is 16.4 Å². The van der Waals surface area contributed by atoms with Crippen LogP contribution >= 0.6 is 11.3 Å². The Morgan fingerprint density at radius 3 is 2.86 bits per heavy atom. The van der Waals surface area contributed by atoms with Crippen molar-refractivity contribution in [3.05, 3.63) is 41.2 Å². The highest BCUT2D eigenvalue weighted by atomic mass is 32.1. The molecule has 5 N–H and O–H groups in total. The highest BCUT2D eigenvalue weighted by Gasteiger charge is 2.27. The van der Waals surface area contributed by atoms with Gasteiger partial charge >= 0.3 is 0 Å². The van der Waals surface area contributed by atoms with E-state index in [9.17, 15) is 0 Å². The van der Waals surface area contributed by atoms with Crippen LogP contribution in [0.3, 0.4) is 0 Å². The van der Waals surface area contributed by atoms with Gasteiger partial charge in [0, 0.05) is 29.7 Å². The lowest BCUT2D eigenvalue weighted by Crippen LogP contribution is -2.26. The van der Waals surface area contributed by atoms with Crippen LogP contribution in [0.4, 0.5) is 17.2 Å². The predicted molar refractivity (Wildman–Crippen MR) is 114 cm³/mol. The predicted octanol–water partition coefficient (Wildman–Crippen LogP) is 3.96. The van der Waals surface area contributed by atoms with E-state index in [1.807, 2.05) is 19.2 Å². The maximum Gasteiger partial charge on any atom is 0.177 e. The number of rotatable bonds is 3. The molecular formula is C20H23N7S. The molecule has 0 spiro atoms. The monoisotopic (exact) mass is 393 g/mol. The van der Waals surface area contributed by atoms with Gasteiger partial charge in [-0.3, -0.25) is 0 Å². The summed E-state index contributed by atoms with van der Waals surface area (Å²) in [5, 5.41) is 9.20. The fraction of sp³-hybridized carbons (Fsp3) is 0.350. The molecule has 5 rings (SSSR count). The highest BCUT2D eigenvalue weighted by molar-refractivity contribution is 7.18. The second-order valence-corrected chi connectivity index (χ2v) is 8.76. The average Bonchev–Trinajstić information content (AvgIpc) is 3.28. The van der Waals surface area contributed by atoms with Crippen LogP contribution < -0.4 is 16.8 Å². The van der Waals surface area contributed by atoms with Crippen molar-refractivity contribution in [3.63, 3.8) is 0 Å². The Hall–Kier alpha value is -2.71. The van der Waals surface area contributed by atoms with Gasteiger partial charge in [0.2, 0.25) is 0 Å². The summed E-state index contributed by atoms with van der Waals surface area (Å²) in [4.78, 5) is 9.09. The van der Waals surface area contributed by atoms with E-state index in [2.05, 4.69) is 32.5 Å². The van der Waals surface area contributed by atoms with Crippen LogP contribution in [0.1, 0.15) is 42.2 Å². The average molecular weight is 394 g/mol. The first kappa shape index (κ1) is 17.4. The van der Waals surface area contributed by atoms with Gasteiger partial charge < -0.3 is 16.8 Å². The van der Waals surface area contributed by atoms with Gasteiger partial charge in [0.05, 0.1) is 20.9 Å². The summed E-state index contributed by atoms with van der Waals surface area (Å²) < 4.78 is 2.90. The van der Waals surface area contributed by atoms with E-state index < -0.39 is 0 Å². The van der Waals surface area contributed by atoms with Crippen LogP contribution in [0.5, 0.6) is 0 Å². The van der Waals surface area contributed by atoms with Crippen LogP contribution in [0.15, 0.2) is 30.6 Å². The molecule has 0 unspecified atom stereocenters. The minimum Gasteiger partial charge on any atom is -0.382 e. The lowest BCUT2D eigenvalue weighted by atomic mass is 9.81. The first-order chi connectivity index (χ1) is 13.6. The van der Waals surface area contributed by atoms with E-state index in [4.69, 9.17) is 11.5 Å². The van der Waals surface area contributed by atoms with Crippen molar-refractivity contribution < 1.29 is 0 Å². The van der Waals surface area contributed by atoms with Crippen LogP contribution in [0.2, 0.25) is 0 Å². The molecule has 3 aromatic heterocycles. The topological polar surface area (TPSA) is 107 Å². The summed E-state index contributed by atoms with van der Waals surface area (Å²) in [6, 6.07) is 6.52. The highest BCUT2D eigenvalue weighted by Crippen LogP contribution is 2.41. The Labute approximate surface area is 166 Å². The molecule has 4 aromatic rings. The Kier molecular flexibility index (Phi) is 4.17. The molecule has 144 valence electrons. The van der Waals surface area contributed by atoms with Crippen LogP contribution in [0.25, 0.3) is 15.9 Å². The summed E-state index contributed by atoms with van der Waals surface area (Å²) in [6.07, 6.45) is 7.64. The minimum absolute atomic E-state index is 0.286. The second kappa shape index (κ2) is 6.72. The Morgan fingerprint density at radius 1 is 1.21 bits per heavy atom. The quantitative estimate of drug-likeness (QED) is 0.486. The Bertz CT molecular complexity index is 1150. The molecule has 0 radical (unpaired) electrons. The number of nitrogens with one attached hydrogen (secondary N) is 1. The molecule has 0 atom stereocenters. The molecule has 0 saturated heterocycles. The Morgan fingerprint density at radius 2 is 2.04 bits per heavy atom. The third-order valence-electron chi connectivity index (χ3n) is 5.55. The first-order valence-corrected chi connectivity index (χ1v) is 10.4. The third-order valence-corrected chi connectivity index (χ3v) is 6.48. The van der Waals surface area contributed by atoms with E-state index in [1.165, 1.54) is 0 Å². The number of hydrogen-bond donors (Lipinski definition) is 3. The lowest BCUT2D eigenvalue weighted by molar-refractivity contribution is 0.396.